The molecule has 0 bridgehead atoms. The van der Waals surface area contributed by atoms with Gasteiger partial charge in [0.1, 0.15) is 0 Å². The number of halogens is 1. The quantitative estimate of drug-likeness (QED) is 0.618. The molecule has 3 nitrogen and oxygen atoms in total. The Morgan fingerprint density at radius 3 is 2.35 bits per heavy atom. The number of carbonyl (C=O) groups is 2. The van der Waals surface area contributed by atoms with Gasteiger partial charge in [0.25, 0.3) is 0 Å². The van der Waals surface area contributed by atoms with E-state index >= 15 is 0 Å². The lowest BCUT2D eigenvalue weighted by Crippen LogP contribution is -2.08. The number of rotatable bonds is 3. The van der Waals surface area contributed by atoms with E-state index in [2.05, 4.69) is 0 Å². The first-order valence-electron chi connectivity index (χ1n) is 5.04. The summed E-state index contributed by atoms with van der Waals surface area (Å²) < 4.78 is 1.57. The summed E-state index contributed by atoms with van der Waals surface area (Å²) in [5.41, 5.74) is 1.50. The molecule has 0 spiro atoms. The molecule has 0 aliphatic heterocycles. The van der Waals surface area contributed by atoms with Gasteiger partial charge >= 0.3 is 0 Å². The van der Waals surface area contributed by atoms with Crippen molar-refractivity contribution in [2.75, 3.05) is 0 Å². The summed E-state index contributed by atoms with van der Waals surface area (Å²) in [5, 5.41) is 0.585. The molecule has 1 heterocycles. The number of ketones is 1. The third kappa shape index (κ3) is 2.15. The molecule has 0 atom stereocenters. The van der Waals surface area contributed by atoms with E-state index in [1.807, 2.05) is 0 Å². The molecule has 0 aliphatic rings. The van der Waals surface area contributed by atoms with Crippen LogP contribution >= 0.6 is 11.6 Å². The number of hydrogen-bond acceptors (Lipinski definition) is 2. The molecule has 0 aliphatic carbocycles. The maximum absolute atomic E-state index is 12.1. The monoisotopic (exact) mass is 247 g/mol. The Labute approximate surface area is 104 Å². The van der Waals surface area contributed by atoms with Gasteiger partial charge in [0.05, 0.1) is 11.4 Å². The summed E-state index contributed by atoms with van der Waals surface area (Å²) in [6, 6.07) is 9.92. The summed E-state index contributed by atoms with van der Waals surface area (Å²) in [4.78, 5) is 22.8. The largest absolute Gasteiger partial charge is 0.339 e. The van der Waals surface area contributed by atoms with Gasteiger partial charge in [-0.25, -0.2) is 0 Å². The SMILES string of the molecule is Cn1c(C=O)ccc1C(=O)c1ccc(Cl)cc1. The van der Waals surface area contributed by atoms with Crippen LogP contribution in [0.5, 0.6) is 0 Å². The first-order valence-corrected chi connectivity index (χ1v) is 5.42. The molecule has 2 rings (SSSR count). The molecule has 1 aromatic heterocycles. The molecular formula is C13H10ClNO2. The van der Waals surface area contributed by atoms with Crippen LogP contribution in [0.1, 0.15) is 26.5 Å². The molecular weight excluding hydrogens is 238 g/mol. The number of aromatic nitrogens is 1. The Bertz CT molecular complexity index is 570. The van der Waals surface area contributed by atoms with Gasteiger partial charge in [0.2, 0.25) is 5.78 Å². The van der Waals surface area contributed by atoms with Crippen molar-refractivity contribution >= 4 is 23.7 Å². The van der Waals surface area contributed by atoms with Crippen LogP contribution in [-0.4, -0.2) is 16.6 Å². The Hall–Kier alpha value is -1.87. The predicted octanol–water partition coefficient (Wildman–Crippen LogP) is 2.72. The van der Waals surface area contributed by atoms with Crippen LogP contribution in [0.25, 0.3) is 0 Å². The molecule has 17 heavy (non-hydrogen) atoms. The number of benzene rings is 1. The molecule has 4 heteroatoms. The molecule has 86 valence electrons. The van der Waals surface area contributed by atoms with Crippen molar-refractivity contribution in [3.63, 3.8) is 0 Å². The highest BCUT2D eigenvalue weighted by Crippen LogP contribution is 2.15. The fourth-order valence-electron chi connectivity index (χ4n) is 1.62. The van der Waals surface area contributed by atoms with Gasteiger partial charge in [-0.15, -0.1) is 0 Å². The number of nitrogens with zero attached hydrogens (tertiary/aromatic N) is 1. The van der Waals surface area contributed by atoms with E-state index in [-0.39, 0.29) is 5.78 Å². The van der Waals surface area contributed by atoms with E-state index in [0.717, 1.165) is 6.29 Å². The molecule has 0 saturated carbocycles. The first-order chi connectivity index (χ1) is 8.13. The van der Waals surface area contributed by atoms with Crippen LogP contribution in [0.4, 0.5) is 0 Å². The minimum atomic E-state index is -0.128. The second kappa shape index (κ2) is 4.55. The van der Waals surface area contributed by atoms with E-state index in [0.29, 0.717) is 22.0 Å². The maximum atomic E-state index is 12.1. The van der Waals surface area contributed by atoms with Crippen LogP contribution in [0.2, 0.25) is 5.02 Å². The second-order valence-electron chi connectivity index (χ2n) is 3.66. The average Bonchev–Trinajstić information content (AvgIpc) is 2.70. The van der Waals surface area contributed by atoms with Crippen LogP contribution in [0.15, 0.2) is 36.4 Å². The van der Waals surface area contributed by atoms with Crippen molar-refractivity contribution in [1.29, 1.82) is 0 Å². The van der Waals surface area contributed by atoms with Gasteiger partial charge in [-0.3, -0.25) is 9.59 Å². The first kappa shape index (κ1) is 11.6. The summed E-state index contributed by atoms with van der Waals surface area (Å²) >= 11 is 5.76. The zero-order chi connectivity index (χ0) is 12.4. The average molecular weight is 248 g/mol. The smallest absolute Gasteiger partial charge is 0.209 e. The van der Waals surface area contributed by atoms with E-state index in [1.54, 1.807) is 48.0 Å². The highest BCUT2D eigenvalue weighted by atomic mass is 35.5. The topological polar surface area (TPSA) is 39.1 Å². The van der Waals surface area contributed by atoms with Gasteiger partial charge in [-0.05, 0) is 36.4 Å². The fraction of sp³-hybridized carbons (Fsp3) is 0.0769. The minimum Gasteiger partial charge on any atom is -0.339 e. The molecule has 1 aromatic carbocycles. The highest BCUT2D eigenvalue weighted by Gasteiger charge is 2.14. The number of aldehydes is 1. The lowest BCUT2D eigenvalue weighted by atomic mass is 10.1. The third-order valence-corrected chi connectivity index (χ3v) is 2.87. The summed E-state index contributed by atoms with van der Waals surface area (Å²) in [6.07, 6.45) is 0.721. The third-order valence-electron chi connectivity index (χ3n) is 2.62. The zero-order valence-electron chi connectivity index (χ0n) is 9.18. The van der Waals surface area contributed by atoms with Crippen LogP contribution in [-0.2, 0) is 7.05 Å². The van der Waals surface area contributed by atoms with Gasteiger partial charge in [-0.2, -0.15) is 0 Å². The zero-order valence-corrected chi connectivity index (χ0v) is 9.94. The molecule has 0 saturated heterocycles. The molecule has 0 fully saturated rings. The summed E-state index contributed by atoms with van der Waals surface area (Å²) in [6.45, 7) is 0. The van der Waals surface area contributed by atoms with Crippen LogP contribution < -0.4 is 0 Å². The van der Waals surface area contributed by atoms with Crippen molar-refractivity contribution in [1.82, 2.24) is 4.57 Å². The van der Waals surface area contributed by atoms with Crippen LogP contribution in [0, 0.1) is 0 Å². The van der Waals surface area contributed by atoms with E-state index in [9.17, 15) is 9.59 Å². The van der Waals surface area contributed by atoms with Gasteiger partial charge in [0, 0.05) is 17.6 Å². The van der Waals surface area contributed by atoms with Crippen LogP contribution in [0.3, 0.4) is 0 Å². The summed E-state index contributed by atoms with van der Waals surface area (Å²) in [7, 11) is 1.69. The molecule has 2 aromatic rings. The lowest BCUT2D eigenvalue weighted by molar-refractivity contribution is 0.103. The molecule has 0 unspecified atom stereocenters. The Kier molecular flexibility index (Phi) is 3.11. The predicted molar refractivity (Wildman–Crippen MR) is 65.7 cm³/mol. The molecule has 0 amide bonds. The second-order valence-corrected chi connectivity index (χ2v) is 4.09. The van der Waals surface area contributed by atoms with Gasteiger partial charge < -0.3 is 4.57 Å². The summed E-state index contributed by atoms with van der Waals surface area (Å²) in [5.74, 6) is -0.128. The van der Waals surface area contributed by atoms with Crippen molar-refractivity contribution in [2.24, 2.45) is 7.05 Å². The van der Waals surface area contributed by atoms with Crippen molar-refractivity contribution < 1.29 is 9.59 Å². The van der Waals surface area contributed by atoms with Crippen molar-refractivity contribution in [3.8, 4) is 0 Å². The van der Waals surface area contributed by atoms with E-state index < -0.39 is 0 Å². The van der Waals surface area contributed by atoms with E-state index in [4.69, 9.17) is 11.6 Å². The minimum absolute atomic E-state index is 0.128. The Morgan fingerprint density at radius 1 is 1.18 bits per heavy atom. The number of carbonyl (C=O) groups excluding carboxylic acids is 2. The fourth-order valence-corrected chi connectivity index (χ4v) is 1.75. The van der Waals surface area contributed by atoms with Crippen molar-refractivity contribution in [2.45, 2.75) is 0 Å². The standard InChI is InChI=1S/C13H10ClNO2/c1-15-11(8-16)6-7-12(15)13(17)9-2-4-10(14)5-3-9/h2-8H,1H3. The van der Waals surface area contributed by atoms with Gasteiger partial charge in [0.15, 0.2) is 6.29 Å². The van der Waals surface area contributed by atoms with Gasteiger partial charge in [-0.1, -0.05) is 11.6 Å². The highest BCUT2D eigenvalue weighted by molar-refractivity contribution is 6.30. The Morgan fingerprint density at radius 2 is 1.82 bits per heavy atom. The van der Waals surface area contributed by atoms with E-state index in [1.165, 1.54) is 0 Å². The van der Waals surface area contributed by atoms with Crippen molar-refractivity contribution in [3.05, 3.63) is 58.4 Å². The molecule has 0 N–H and O–H groups in total. The number of hydrogen-bond donors (Lipinski definition) is 0. The normalized spacial score (nSPS) is 10.2. The Balaban J connectivity index is 2.40. The lowest BCUT2D eigenvalue weighted by Gasteiger charge is -2.04. The molecule has 0 radical (unpaired) electrons. The maximum Gasteiger partial charge on any atom is 0.209 e.